The highest BCUT2D eigenvalue weighted by Gasteiger charge is 2.17. The zero-order valence-electron chi connectivity index (χ0n) is 11.8. The van der Waals surface area contributed by atoms with Gasteiger partial charge in [0.1, 0.15) is 19.0 Å². The molecule has 0 amide bonds. The summed E-state index contributed by atoms with van der Waals surface area (Å²) < 4.78 is 21.1. The molecule has 4 rings (SSSR count). The van der Waals surface area contributed by atoms with Gasteiger partial charge in [-0.1, -0.05) is 10.3 Å². The summed E-state index contributed by atoms with van der Waals surface area (Å²) >= 11 is 0. The minimum absolute atomic E-state index is 0.419. The van der Waals surface area contributed by atoms with Crippen molar-refractivity contribution < 1.29 is 18.5 Å². The largest absolute Gasteiger partial charge is 0.484 e. The van der Waals surface area contributed by atoms with Gasteiger partial charge in [0.05, 0.1) is 12.1 Å². The lowest BCUT2D eigenvalue weighted by Crippen LogP contribution is -2.16. The smallest absolute Gasteiger partial charge is 0.257 e. The third-order valence-corrected chi connectivity index (χ3v) is 3.13. The summed E-state index contributed by atoms with van der Waals surface area (Å²) in [6.07, 6.45) is 2.05. The van der Waals surface area contributed by atoms with Crippen molar-refractivity contribution in [3.8, 4) is 23.0 Å². The molecular weight excluding hydrogens is 288 g/mol. The average molecular weight is 300 g/mol. The maximum atomic E-state index is 5.49. The van der Waals surface area contributed by atoms with E-state index in [9.17, 15) is 0 Å². The Labute approximate surface area is 125 Å². The number of ether oxygens (including phenoxy) is 2. The summed E-state index contributed by atoms with van der Waals surface area (Å²) in [6, 6.07) is 3.62. The molecule has 3 aromatic heterocycles. The number of aromatic nitrogens is 4. The maximum absolute atomic E-state index is 5.49. The van der Waals surface area contributed by atoms with Crippen molar-refractivity contribution in [2.75, 3.05) is 13.2 Å². The first-order chi connectivity index (χ1) is 10.8. The monoisotopic (exact) mass is 300 g/mol. The minimum atomic E-state index is 0.419. The second-order valence-corrected chi connectivity index (χ2v) is 4.84. The van der Waals surface area contributed by atoms with E-state index in [1.807, 2.05) is 13.0 Å². The van der Waals surface area contributed by atoms with Crippen LogP contribution in [0.2, 0.25) is 0 Å². The first-order valence-electron chi connectivity index (χ1n) is 6.79. The average Bonchev–Trinajstić information content (AvgIpc) is 3.16. The lowest BCUT2D eigenvalue weighted by Gasteiger charge is -2.16. The van der Waals surface area contributed by atoms with Gasteiger partial charge < -0.3 is 18.5 Å². The Balaban J connectivity index is 1.58. The normalized spacial score (nSPS) is 13.3. The Hall–Kier alpha value is -2.90. The summed E-state index contributed by atoms with van der Waals surface area (Å²) in [5.74, 6) is 2.71. The summed E-state index contributed by atoms with van der Waals surface area (Å²) in [5, 5.41) is 7.86. The number of hydrogen-bond donors (Lipinski definition) is 0. The molecule has 8 nitrogen and oxygen atoms in total. The van der Waals surface area contributed by atoms with Crippen LogP contribution in [-0.2, 0) is 6.42 Å². The Morgan fingerprint density at radius 1 is 1.09 bits per heavy atom. The van der Waals surface area contributed by atoms with Gasteiger partial charge >= 0.3 is 0 Å². The summed E-state index contributed by atoms with van der Waals surface area (Å²) in [4.78, 5) is 8.53. The van der Waals surface area contributed by atoms with Crippen molar-refractivity contribution >= 4 is 0 Å². The van der Waals surface area contributed by atoms with Gasteiger partial charge in [-0.2, -0.15) is 4.98 Å². The molecule has 3 aromatic rings. The van der Waals surface area contributed by atoms with Gasteiger partial charge in [0.2, 0.25) is 11.7 Å². The molecule has 0 saturated carbocycles. The second-order valence-electron chi connectivity index (χ2n) is 4.84. The van der Waals surface area contributed by atoms with Crippen LogP contribution >= 0.6 is 0 Å². The lowest BCUT2D eigenvalue weighted by atomic mass is 10.2. The summed E-state index contributed by atoms with van der Waals surface area (Å²) in [5.41, 5.74) is 1.45. The third kappa shape index (κ3) is 2.39. The van der Waals surface area contributed by atoms with Crippen LogP contribution in [-0.4, -0.2) is 33.5 Å². The van der Waals surface area contributed by atoms with Crippen LogP contribution in [0.5, 0.6) is 11.6 Å². The number of aryl methyl sites for hydroxylation is 1. The number of hydrogen-bond acceptors (Lipinski definition) is 8. The van der Waals surface area contributed by atoms with Crippen LogP contribution in [0.4, 0.5) is 0 Å². The van der Waals surface area contributed by atoms with E-state index in [0.717, 1.165) is 11.5 Å². The van der Waals surface area contributed by atoms with Crippen LogP contribution in [0.3, 0.4) is 0 Å². The van der Waals surface area contributed by atoms with Crippen molar-refractivity contribution in [1.82, 2.24) is 20.3 Å². The van der Waals surface area contributed by atoms with Crippen LogP contribution in [0, 0.1) is 6.92 Å². The zero-order valence-corrected chi connectivity index (χ0v) is 11.8. The third-order valence-electron chi connectivity index (χ3n) is 3.13. The van der Waals surface area contributed by atoms with Crippen LogP contribution in [0.25, 0.3) is 11.4 Å². The molecule has 1 aliphatic rings. The molecule has 0 aliphatic carbocycles. The first-order valence-corrected chi connectivity index (χ1v) is 6.79. The molecule has 0 radical (unpaired) electrons. The van der Waals surface area contributed by atoms with E-state index in [0.29, 0.717) is 48.5 Å². The molecule has 0 N–H and O–H groups in total. The highest BCUT2D eigenvalue weighted by molar-refractivity contribution is 5.57. The van der Waals surface area contributed by atoms with Crippen LogP contribution in [0.1, 0.15) is 17.3 Å². The molecule has 4 heterocycles. The van der Waals surface area contributed by atoms with Crippen LogP contribution in [0.15, 0.2) is 27.4 Å². The van der Waals surface area contributed by atoms with Gasteiger partial charge in [0.25, 0.3) is 5.88 Å². The molecule has 22 heavy (non-hydrogen) atoms. The molecule has 8 heteroatoms. The van der Waals surface area contributed by atoms with E-state index in [-0.39, 0.29) is 0 Å². The summed E-state index contributed by atoms with van der Waals surface area (Å²) in [6.45, 7) is 2.83. The fourth-order valence-corrected chi connectivity index (χ4v) is 2.16. The van der Waals surface area contributed by atoms with E-state index in [1.165, 1.54) is 0 Å². The maximum Gasteiger partial charge on any atom is 0.257 e. The topological polar surface area (TPSA) is 96.3 Å². The predicted octanol–water partition coefficient (Wildman–Crippen LogP) is 1.79. The lowest BCUT2D eigenvalue weighted by molar-refractivity contribution is 0.164. The number of rotatable bonds is 3. The van der Waals surface area contributed by atoms with E-state index in [2.05, 4.69) is 20.3 Å². The van der Waals surface area contributed by atoms with E-state index < -0.39 is 0 Å². The second kappa shape index (κ2) is 5.14. The molecule has 0 saturated heterocycles. The highest BCUT2D eigenvalue weighted by atomic mass is 16.6. The van der Waals surface area contributed by atoms with Crippen LogP contribution < -0.4 is 9.47 Å². The molecule has 0 spiro atoms. The molecule has 0 bridgehead atoms. The van der Waals surface area contributed by atoms with Gasteiger partial charge in [0, 0.05) is 17.8 Å². The number of pyridine rings is 1. The van der Waals surface area contributed by atoms with Gasteiger partial charge in [-0.15, -0.1) is 0 Å². The van der Waals surface area contributed by atoms with Crippen molar-refractivity contribution in [3.05, 3.63) is 35.7 Å². The quantitative estimate of drug-likeness (QED) is 0.722. The molecule has 1 aliphatic heterocycles. The van der Waals surface area contributed by atoms with Crippen molar-refractivity contribution in [2.45, 2.75) is 13.3 Å². The Morgan fingerprint density at radius 2 is 2.00 bits per heavy atom. The Bertz CT molecular complexity index is 811. The van der Waals surface area contributed by atoms with Gasteiger partial charge in [-0.05, 0) is 13.0 Å². The van der Waals surface area contributed by atoms with E-state index in [4.69, 9.17) is 18.5 Å². The van der Waals surface area contributed by atoms with E-state index >= 15 is 0 Å². The van der Waals surface area contributed by atoms with Crippen molar-refractivity contribution in [3.63, 3.8) is 0 Å². The predicted molar refractivity (Wildman–Crippen MR) is 72.6 cm³/mol. The number of fused-ring (bicyclic) bond motifs is 1. The number of nitrogens with zero attached hydrogens (tertiary/aromatic N) is 4. The minimum Gasteiger partial charge on any atom is -0.484 e. The Morgan fingerprint density at radius 3 is 2.86 bits per heavy atom. The first kappa shape index (κ1) is 12.8. The fourth-order valence-electron chi connectivity index (χ4n) is 2.16. The SMILES string of the molecule is Cc1cc(Cc2nc(-c3cnc4c(c3)OCCO4)no2)no1. The van der Waals surface area contributed by atoms with Gasteiger partial charge in [-0.25, -0.2) is 4.98 Å². The fraction of sp³-hybridized carbons (Fsp3) is 0.286. The highest BCUT2D eigenvalue weighted by Crippen LogP contribution is 2.31. The Kier molecular flexibility index (Phi) is 2.99. The summed E-state index contributed by atoms with van der Waals surface area (Å²) in [7, 11) is 0. The molecular formula is C14H12N4O4. The molecule has 0 unspecified atom stereocenters. The molecule has 0 fully saturated rings. The van der Waals surface area contributed by atoms with Gasteiger partial charge in [0.15, 0.2) is 5.75 Å². The van der Waals surface area contributed by atoms with Crippen molar-refractivity contribution in [1.29, 1.82) is 0 Å². The molecule has 112 valence electrons. The molecule has 0 aromatic carbocycles. The van der Waals surface area contributed by atoms with Crippen molar-refractivity contribution in [2.24, 2.45) is 0 Å². The van der Waals surface area contributed by atoms with Gasteiger partial charge in [-0.3, -0.25) is 0 Å². The zero-order chi connectivity index (χ0) is 14.9. The van der Waals surface area contributed by atoms with E-state index in [1.54, 1.807) is 12.3 Å². The molecule has 0 atom stereocenters. The standard InChI is InChI=1S/C14H12N4O4/c1-8-4-10(17-21-8)6-12-16-13(18-22-12)9-5-11-14(15-7-9)20-3-2-19-11/h4-5,7H,2-3,6H2,1H3.